The van der Waals surface area contributed by atoms with Crippen LogP contribution in [0.4, 0.5) is 0 Å². The van der Waals surface area contributed by atoms with E-state index in [1.807, 2.05) is 30.3 Å². The van der Waals surface area contributed by atoms with Crippen LogP contribution < -0.4 is 5.56 Å². The minimum Gasteiger partial charge on any atom is -0.462 e. The van der Waals surface area contributed by atoms with Crippen molar-refractivity contribution < 1.29 is 9.53 Å². The molecule has 0 radical (unpaired) electrons. The second kappa shape index (κ2) is 6.05. The molecule has 2 heterocycles. The molecule has 2 aromatic heterocycles. The molecule has 0 aliphatic rings. The highest BCUT2D eigenvalue weighted by Gasteiger charge is 2.20. The van der Waals surface area contributed by atoms with Gasteiger partial charge in [0.15, 0.2) is 0 Å². The van der Waals surface area contributed by atoms with Gasteiger partial charge in [-0.15, -0.1) is 0 Å². The number of aromatic nitrogens is 2. The highest BCUT2D eigenvalue weighted by Crippen LogP contribution is 2.27. The normalized spacial score (nSPS) is 10.5. The van der Waals surface area contributed by atoms with Gasteiger partial charge in [0, 0.05) is 25.0 Å². The van der Waals surface area contributed by atoms with E-state index in [-0.39, 0.29) is 12.2 Å². The Morgan fingerprint density at radius 1 is 1.25 bits per heavy atom. The summed E-state index contributed by atoms with van der Waals surface area (Å²) in [5.74, 6) is -0.673. The number of nitriles is 1. The summed E-state index contributed by atoms with van der Waals surface area (Å²) in [5.41, 5.74) is 1.73. The highest BCUT2D eigenvalue weighted by molar-refractivity contribution is 5.89. The summed E-state index contributed by atoms with van der Waals surface area (Å²) in [5, 5.41) is 9.57. The summed E-state index contributed by atoms with van der Waals surface area (Å²) in [7, 11) is 1.69. The lowest BCUT2D eigenvalue weighted by molar-refractivity contribution is 0.0523. The molecule has 6 heteroatoms. The maximum absolute atomic E-state index is 12.6. The van der Waals surface area contributed by atoms with Gasteiger partial charge in [0.2, 0.25) is 0 Å². The SMILES string of the molecule is CCOC(=O)c1cn(C)c2c(C#N)c(-c3ccccc3)cn2c1=O. The van der Waals surface area contributed by atoms with Crippen molar-refractivity contribution in [2.45, 2.75) is 6.92 Å². The van der Waals surface area contributed by atoms with Crippen LogP contribution in [0.5, 0.6) is 0 Å². The number of nitrogens with zero attached hydrogens (tertiary/aromatic N) is 3. The Bertz CT molecular complexity index is 1020. The summed E-state index contributed by atoms with van der Waals surface area (Å²) in [6, 6.07) is 11.5. The monoisotopic (exact) mass is 321 g/mol. The number of carbonyl (C=O) groups excluding carboxylic acids is 1. The summed E-state index contributed by atoms with van der Waals surface area (Å²) in [6.07, 6.45) is 3.00. The van der Waals surface area contributed by atoms with Crippen LogP contribution in [0.25, 0.3) is 16.8 Å². The van der Waals surface area contributed by atoms with Gasteiger partial charge in [-0.25, -0.2) is 4.79 Å². The second-order valence-electron chi connectivity index (χ2n) is 5.27. The Morgan fingerprint density at radius 2 is 1.96 bits per heavy atom. The zero-order chi connectivity index (χ0) is 17.3. The van der Waals surface area contributed by atoms with Crippen LogP contribution in [-0.4, -0.2) is 21.5 Å². The summed E-state index contributed by atoms with van der Waals surface area (Å²) in [6.45, 7) is 1.86. The third-order valence-electron chi connectivity index (χ3n) is 3.78. The zero-order valence-electron chi connectivity index (χ0n) is 13.3. The number of fused-ring (bicyclic) bond motifs is 1. The second-order valence-corrected chi connectivity index (χ2v) is 5.27. The molecule has 0 unspecified atom stereocenters. The average molecular weight is 321 g/mol. The van der Waals surface area contributed by atoms with Crippen molar-refractivity contribution in [3.05, 3.63) is 64.2 Å². The molecule has 6 nitrogen and oxygen atoms in total. The van der Waals surface area contributed by atoms with Gasteiger partial charge >= 0.3 is 5.97 Å². The molecule has 0 saturated heterocycles. The molecule has 3 aromatic rings. The zero-order valence-corrected chi connectivity index (χ0v) is 13.3. The molecule has 3 rings (SSSR count). The van der Waals surface area contributed by atoms with E-state index in [1.54, 1.807) is 24.7 Å². The molecule has 1 aromatic carbocycles. The van der Waals surface area contributed by atoms with Gasteiger partial charge in [-0.05, 0) is 12.5 Å². The Hall–Kier alpha value is -3.33. The standard InChI is InChI=1S/C18H15N3O3/c1-3-24-18(23)15-10-20(2)16-13(9-19)14(11-21(16)17(15)22)12-7-5-4-6-8-12/h4-8,10-11H,3H2,1-2H3. The molecular weight excluding hydrogens is 306 g/mol. The topological polar surface area (TPSA) is 76.5 Å². The third-order valence-corrected chi connectivity index (χ3v) is 3.78. The molecule has 0 N–H and O–H groups in total. The highest BCUT2D eigenvalue weighted by atomic mass is 16.5. The van der Waals surface area contributed by atoms with Crippen LogP contribution in [0.1, 0.15) is 22.8 Å². The van der Waals surface area contributed by atoms with E-state index in [4.69, 9.17) is 4.74 Å². The first kappa shape index (κ1) is 15.6. The molecule has 0 bridgehead atoms. The largest absolute Gasteiger partial charge is 0.462 e. The minimum atomic E-state index is -0.673. The van der Waals surface area contributed by atoms with Crippen LogP contribution >= 0.6 is 0 Å². The number of hydrogen-bond donors (Lipinski definition) is 0. The number of benzene rings is 1. The maximum atomic E-state index is 12.6. The van der Waals surface area contributed by atoms with Crippen molar-refractivity contribution in [3.8, 4) is 17.2 Å². The molecule has 0 aliphatic heterocycles. The Morgan fingerprint density at radius 3 is 2.58 bits per heavy atom. The average Bonchev–Trinajstić information content (AvgIpc) is 2.99. The van der Waals surface area contributed by atoms with E-state index >= 15 is 0 Å². The lowest BCUT2D eigenvalue weighted by Gasteiger charge is -2.07. The van der Waals surface area contributed by atoms with E-state index in [0.29, 0.717) is 16.8 Å². The quantitative estimate of drug-likeness (QED) is 0.694. The number of ether oxygens (including phenoxy) is 1. The van der Waals surface area contributed by atoms with Gasteiger partial charge in [-0.1, -0.05) is 30.3 Å². The van der Waals surface area contributed by atoms with Crippen LogP contribution in [0.2, 0.25) is 0 Å². The van der Waals surface area contributed by atoms with Crippen LogP contribution in [0, 0.1) is 11.3 Å². The summed E-state index contributed by atoms with van der Waals surface area (Å²) in [4.78, 5) is 24.6. The molecule has 0 aliphatic carbocycles. The molecule has 0 spiro atoms. The van der Waals surface area contributed by atoms with Crippen molar-refractivity contribution in [3.63, 3.8) is 0 Å². The first-order valence-electron chi connectivity index (χ1n) is 7.45. The van der Waals surface area contributed by atoms with E-state index < -0.39 is 11.5 Å². The Labute approximate surface area is 138 Å². The number of carbonyl (C=O) groups is 1. The van der Waals surface area contributed by atoms with Gasteiger partial charge in [0.25, 0.3) is 5.56 Å². The third kappa shape index (κ3) is 2.36. The molecule has 120 valence electrons. The van der Waals surface area contributed by atoms with Crippen LogP contribution in [0.3, 0.4) is 0 Å². The molecular formula is C18H15N3O3. The molecule has 24 heavy (non-hydrogen) atoms. The Kier molecular flexibility index (Phi) is 3.92. The smallest absolute Gasteiger partial charge is 0.345 e. The number of rotatable bonds is 3. The number of esters is 1. The fraction of sp³-hybridized carbons (Fsp3) is 0.167. The summed E-state index contributed by atoms with van der Waals surface area (Å²) >= 11 is 0. The maximum Gasteiger partial charge on any atom is 0.345 e. The van der Waals surface area contributed by atoms with Gasteiger partial charge in [-0.2, -0.15) is 5.26 Å². The van der Waals surface area contributed by atoms with Crippen molar-refractivity contribution in [2.24, 2.45) is 7.05 Å². The number of aryl methyl sites for hydroxylation is 1. The van der Waals surface area contributed by atoms with Crippen molar-refractivity contribution in [1.29, 1.82) is 5.26 Å². The minimum absolute atomic E-state index is 0.0639. The predicted molar refractivity (Wildman–Crippen MR) is 88.7 cm³/mol. The van der Waals surface area contributed by atoms with E-state index in [2.05, 4.69) is 6.07 Å². The molecule has 0 saturated carbocycles. The Balaban J connectivity index is 2.34. The van der Waals surface area contributed by atoms with Gasteiger partial charge in [-0.3, -0.25) is 9.20 Å². The fourth-order valence-corrected chi connectivity index (χ4v) is 2.73. The van der Waals surface area contributed by atoms with Gasteiger partial charge in [0.1, 0.15) is 22.8 Å². The first-order chi connectivity index (χ1) is 11.6. The predicted octanol–water partition coefficient (Wildman–Crippen LogP) is 2.35. The first-order valence-corrected chi connectivity index (χ1v) is 7.45. The van der Waals surface area contributed by atoms with E-state index in [1.165, 1.54) is 10.6 Å². The summed E-state index contributed by atoms with van der Waals surface area (Å²) < 4.78 is 7.85. The fourth-order valence-electron chi connectivity index (χ4n) is 2.73. The lowest BCUT2D eigenvalue weighted by atomic mass is 10.1. The molecule has 0 amide bonds. The van der Waals surface area contributed by atoms with E-state index in [0.717, 1.165) is 5.56 Å². The number of hydrogen-bond acceptors (Lipinski definition) is 4. The van der Waals surface area contributed by atoms with Crippen LogP contribution in [-0.2, 0) is 11.8 Å². The van der Waals surface area contributed by atoms with Crippen LogP contribution in [0.15, 0.2) is 47.5 Å². The molecule has 0 atom stereocenters. The van der Waals surface area contributed by atoms with Gasteiger partial charge < -0.3 is 9.30 Å². The molecule has 0 fully saturated rings. The van der Waals surface area contributed by atoms with Crippen molar-refractivity contribution >= 4 is 11.6 Å². The lowest BCUT2D eigenvalue weighted by Crippen LogP contribution is -2.25. The van der Waals surface area contributed by atoms with E-state index in [9.17, 15) is 14.9 Å². The van der Waals surface area contributed by atoms with Crippen molar-refractivity contribution in [1.82, 2.24) is 8.97 Å². The van der Waals surface area contributed by atoms with Gasteiger partial charge in [0.05, 0.1) is 6.61 Å². The van der Waals surface area contributed by atoms with Crippen molar-refractivity contribution in [2.75, 3.05) is 6.61 Å².